The Morgan fingerprint density at radius 3 is 2.88 bits per heavy atom. The SMILES string of the molecule is C[NH+]1CC[NH+](CC(=O)N2CCC[C@H](c3nc4ccccc4s3)C2)CC1. The second-order valence-corrected chi connectivity index (χ2v) is 8.64. The molecular formula is C19H28N4OS+2. The van der Waals surface area contributed by atoms with Crippen LogP contribution in [0, 0.1) is 0 Å². The molecule has 134 valence electrons. The van der Waals surface area contributed by atoms with Crippen molar-refractivity contribution in [1.82, 2.24) is 9.88 Å². The maximum Gasteiger partial charge on any atom is 0.277 e. The number of benzene rings is 1. The number of thiazole rings is 1. The van der Waals surface area contributed by atoms with Crippen LogP contribution >= 0.6 is 11.3 Å². The Morgan fingerprint density at radius 2 is 2.08 bits per heavy atom. The zero-order valence-corrected chi connectivity index (χ0v) is 15.8. The van der Waals surface area contributed by atoms with Gasteiger partial charge in [0.1, 0.15) is 26.2 Å². The number of likely N-dealkylation sites (tertiary alicyclic amines) is 1. The number of piperazine rings is 1. The average molecular weight is 361 g/mol. The van der Waals surface area contributed by atoms with Crippen LogP contribution in [0.15, 0.2) is 24.3 Å². The van der Waals surface area contributed by atoms with Crippen molar-refractivity contribution in [2.45, 2.75) is 18.8 Å². The lowest BCUT2D eigenvalue weighted by Crippen LogP contribution is -3.27. The molecule has 0 aliphatic carbocycles. The predicted octanol–water partition coefficient (Wildman–Crippen LogP) is -0.584. The Morgan fingerprint density at radius 1 is 1.28 bits per heavy atom. The highest BCUT2D eigenvalue weighted by Crippen LogP contribution is 2.32. The van der Waals surface area contributed by atoms with Crippen LogP contribution in [-0.2, 0) is 4.79 Å². The highest BCUT2D eigenvalue weighted by molar-refractivity contribution is 7.18. The molecule has 1 atom stereocenters. The van der Waals surface area contributed by atoms with E-state index < -0.39 is 0 Å². The van der Waals surface area contributed by atoms with E-state index in [1.165, 1.54) is 27.7 Å². The topological polar surface area (TPSA) is 42.1 Å². The maximum absolute atomic E-state index is 12.8. The van der Waals surface area contributed by atoms with Crippen molar-refractivity contribution in [3.63, 3.8) is 0 Å². The number of aromatic nitrogens is 1. The number of quaternary nitrogens is 2. The molecular weight excluding hydrogens is 332 g/mol. The Balaban J connectivity index is 1.39. The van der Waals surface area contributed by atoms with E-state index in [2.05, 4.69) is 30.1 Å². The van der Waals surface area contributed by atoms with Gasteiger partial charge in [-0.2, -0.15) is 0 Å². The monoisotopic (exact) mass is 360 g/mol. The lowest BCUT2D eigenvalue weighted by Gasteiger charge is -2.33. The van der Waals surface area contributed by atoms with E-state index >= 15 is 0 Å². The first-order chi connectivity index (χ1) is 12.2. The summed E-state index contributed by atoms with van der Waals surface area (Å²) >= 11 is 1.80. The molecule has 0 radical (unpaired) electrons. The van der Waals surface area contributed by atoms with Gasteiger partial charge in [-0.15, -0.1) is 11.3 Å². The van der Waals surface area contributed by atoms with Crippen LogP contribution in [0.5, 0.6) is 0 Å². The van der Waals surface area contributed by atoms with Gasteiger partial charge in [0.05, 0.1) is 22.3 Å². The first-order valence-electron chi connectivity index (χ1n) is 9.47. The summed E-state index contributed by atoms with van der Waals surface area (Å²) in [6.07, 6.45) is 2.24. The second-order valence-electron chi connectivity index (χ2n) is 7.58. The molecule has 25 heavy (non-hydrogen) atoms. The molecule has 4 rings (SSSR count). The Hall–Kier alpha value is -1.50. The molecule has 2 fully saturated rings. The quantitative estimate of drug-likeness (QED) is 0.769. The van der Waals surface area contributed by atoms with Gasteiger partial charge >= 0.3 is 0 Å². The van der Waals surface area contributed by atoms with Crippen molar-refractivity contribution in [2.75, 3.05) is 52.9 Å². The fourth-order valence-corrected chi connectivity index (χ4v) is 5.10. The number of rotatable bonds is 3. The first-order valence-corrected chi connectivity index (χ1v) is 10.3. The summed E-state index contributed by atoms with van der Waals surface area (Å²) < 4.78 is 1.25. The van der Waals surface area contributed by atoms with Gasteiger partial charge in [0.25, 0.3) is 5.91 Å². The molecule has 2 aromatic rings. The summed E-state index contributed by atoms with van der Waals surface area (Å²) in [6, 6.07) is 8.34. The molecule has 1 aromatic carbocycles. The van der Waals surface area contributed by atoms with E-state index in [0.717, 1.165) is 44.5 Å². The van der Waals surface area contributed by atoms with Crippen LogP contribution in [0.1, 0.15) is 23.8 Å². The molecule has 2 aliphatic rings. The molecule has 3 heterocycles. The number of hydrogen-bond donors (Lipinski definition) is 2. The minimum atomic E-state index is 0.334. The zero-order chi connectivity index (χ0) is 17.2. The van der Waals surface area contributed by atoms with Gasteiger partial charge < -0.3 is 14.7 Å². The Bertz CT molecular complexity index is 705. The standard InChI is InChI=1S/C19H26N4OS/c1-21-9-11-22(12-10-21)14-18(24)23-8-4-5-15(13-23)19-20-16-6-2-3-7-17(16)25-19/h2-3,6-7,15H,4-5,8-14H2,1H3/p+2/t15-/m0/s1. The molecule has 6 heteroatoms. The third-order valence-electron chi connectivity index (χ3n) is 5.65. The summed E-state index contributed by atoms with van der Waals surface area (Å²) in [6.45, 7) is 7.02. The minimum absolute atomic E-state index is 0.334. The first kappa shape index (κ1) is 16.9. The van der Waals surface area contributed by atoms with E-state index in [0.29, 0.717) is 18.4 Å². The second kappa shape index (κ2) is 7.40. The van der Waals surface area contributed by atoms with Gasteiger partial charge in [0.15, 0.2) is 6.54 Å². The number of carbonyl (C=O) groups excluding carboxylic acids is 1. The summed E-state index contributed by atoms with van der Waals surface area (Å²) in [5.74, 6) is 0.738. The Kier molecular flexibility index (Phi) is 5.01. The van der Waals surface area contributed by atoms with Crippen molar-refractivity contribution >= 4 is 27.5 Å². The smallest absolute Gasteiger partial charge is 0.277 e. The van der Waals surface area contributed by atoms with Crippen LogP contribution in [0.25, 0.3) is 10.2 Å². The van der Waals surface area contributed by atoms with Crippen LogP contribution < -0.4 is 9.80 Å². The third kappa shape index (κ3) is 3.86. The van der Waals surface area contributed by atoms with Gasteiger partial charge in [-0.05, 0) is 25.0 Å². The third-order valence-corrected chi connectivity index (χ3v) is 6.84. The molecule has 0 bridgehead atoms. The summed E-state index contributed by atoms with van der Waals surface area (Å²) in [5, 5.41) is 1.20. The summed E-state index contributed by atoms with van der Waals surface area (Å²) in [4.78, 5) is 22.7. The molecule has 1 amide bonds. The molecule has 0 unspecified atom stereocenters. The molecule has 2 N–H and O–H groups in total. The highest BCUT2D eigenvalue weighted by atomic mass is 32.1. The number of nitrogens with zero attached hydrogens (tertiary/aromatic N) is 2. The highest BCUT2D eigenvalue weighted by Gasteiger charge is 2.30. The number of likely N-dealkylation sites (N-methyl/N-ethyl adjacent to an activating group) is 1. The Labute approximate surface area is 153 Å². The molecule has 2 aliphatic heterocycles. The van der Waals surface area contributed by atoms with Gasteiger partial charge in [-0.3, -0.25) is 4.79 Å². The number of amides is 1. The summed E-state index contributed by atoms with van der Waals surface area (Å²) in [7, 11) is 2.24. The number of para-hydroxylation sites is 1. The molecule has 0 spiro atoms. The van der Waals surface area contributed by atoms with E-state index in [9.17, 15) is 4.79 Å². The van der Waals surface area contributed by atoms with Gasteiger partial charge in [-0.1, -0.05) is 12.1 Å². The van der Waals surface area contributed by atoms with Gasteiger partial charge in [0.2, 0.25) is 0 Å². The van der Waals surface area contributed by atoms with Crippen molar-refractivity contribution in [3.8, 4) is 0 Å². The number of fused-ring (bicyclic) bond motifs is 1. The van der Waals surface area contributed by atoms with Gasteiger partial charge in [0, 0.05) is 19.0 Å². The molecule has 0 saturated carbocycles. The maximum atomic E-state index is 12.8. The van der Waals surface area contributed by atoms with Crippen molar-refractivity contribution in [3.05, 3.63) is 29.3 Å². The average Bonchev–Trinajstić information content (AvgIpc) is 3.08. The van der Waals surface area contributed by atoms with Crippen molar-refractivity contribution in [1.29, 1.82) is 0 Å². The van der Waals surface area contributed by atoms with Crippen LogP contribution in [0.4, 0.5) is 0 Å². The molecule has 1 aromatic heterocycles. The molecule has 2 saturated heterocycles. The minimum Gasteiger partial charge on any atom is -0.337 e. The zero-order valence-electron chi connectivity index (χ0n) is 15.0. The normalized spacial score (nSPS) is 27.6. The summed E-state index contributed by atoms with van der Waals surface area (Å²) in [5.41, 5.74) is 1.09. The van der Waals surface area contributed by atoms with Crippen LogP contribution in [0.2, 0.25) is 0 Å². The number of nitrogens with one attached hydrogen (secondary N) is 2. The van der Waals surface area contributed by atoms with E-state index in [-0.39, 0.29) is 0 Å². The lowest BCUT2D eigenvalue weighted by molar-refractivity contribution is -1.000. The number of hydrogen-bond acceptors (Lipinski definition) is 3. The van der Waals surface area contributed by atoms with Gasteiger partial charge in [-0.25, -0.2) is 4.98 Å². The van der Waals surface area contributed by atoms with Crippen molar-refractivity contribution < 1.29 is 14.6 Å². The predicted molar refractivity (Wildman–Crippen MR) is 100 cm³/mol. The fourth-order valence-electron chi connectivity index (χ4n) is 4.00. The lowest BCUT2D eigenvalue weighted by atomic mass is 9.98. The number of piperidine rings is 1. The largest absolute Gasteiger partial charge is 0.337 e. The van der Waals surface area contributed by atoms with Crippen molar-refractivity contribution in [2.24, 2.45) is 0 Å². The number of carbonyl (C=O) groups is 1. The van der Waals surface area contributed by atoms with Crippen LogP contribution in [-0.4, -0.2) is 68.7 Å². The van der Waals surface area contributed by atoms with E-state index in [1.54, 1.807) is 16.2 Å². The van der Waals surface area contributed by atoms with E-state index in [1.807, 2.05) is 6.07 Å². The fraction of sp³-hybridized carbons (Fsp3) is 0.579. The van der Waals surface area contributed by atoms with E-state index in [4.69, 9.17) is 4.98 Å². The molecule has 5 nitrogen and oxygen atoms in total. The van der Waals surface area contributed by atoms with Crippen LogP contribution in [0.3, 0.4) is 0 Å².